The molecule has 0 aliphatic rings. The molecule has 2 heterocycles. The molecule has 0 fully saturated rings. The molecule has 16 heavy (non-hydrogen) atoms. The zero-order valence-electron chi connectivity index (χ0n) is 9.11. The van der Waals surface area contributed by atoms with Crippen LogP contribution in [0.5, 0.6) is 0 Å². The highest BCUT2D eigenvalue weighted by Crippen LogP contribution is 2.22. The largest absolute Gasteiger partial charge is 0.383 e. The number of imidazole rings is 1. The van der Waals surface area contributed by atoms with Crippen molar-refractivity contribution < 1.29 is 0 Å². The summed E-state index contributed by atoms with van der Waals surface area (Å²) in [7, 11) is 0. The second kappa shape index (κ2) is 4.97. The highest BCUT2D eigenvalue weighted by molar-refractivity contribution is 7.99. The summed E-state index contributed by atoms with van der Waals surface area (Å²) in [5.41, 5.74) is 7.71. The molecule has 0 saturated carbocycles. The number of anilines is 1. The van der Waals surface area contributed by atoms with Crippen molar-refractivity contribution in [2.45, 2.75) is 13.3 Å². The molecule has 0 amide bonds. The lowest BCUT2D eigenvalue weighted by Crippen LogP contribution is -1.97. The van der Waals surface area contributed by atoms with E-state index >= 15 is 0 Å². The van der Waals surface area contributed by atoms with Gasteiger partial charge in [0, 0.05) is 12.6 Å². The maximum atomic E-state index is 6.06. The van der Waals surface area contributed by atoms with Crippen LogP contribution in [0.15, 0.2) is 18.3 Å². The molecule has 2 rings (SSSR count). The first kappa shape index (κ1) is 11.6. The van der Waals surface area contributed by atoms with Crippen molar-refractivity contribution in [2.24, 2.45) is 0 Å². The van der Waals surface area contributed by atoms with Gasteiger partial charge >= 0.3 is 0 Å². The molecule has 0 radical (unpaired) electrons. The van der Waals surface area contributed by atoms with E-state index in [1.807, 2.05) is 34.5 Å². The lowest BCUT2D eigenvalue weighted by atomic mass is 10.3. The van der Waals surface area contributed by atoms with Crippen LogP contribution < -0.4 is 5.73 Å². The molecule has 0 bridgehead atoms. The van der Waals surface area contributed by atoms with Crippen molar-refractivity contribution in [3.8, 4) is 0 Å². The van der Waals surface area contributed by atoms with Gasteiger partial charge in [0.2, 0.25) is 0 Å². The van der Waals surface area contributed by atoms with Crippen molar-refractivity contribution in [3.63, 3.8) is 0 Å². The Balaban J connectivity index is 2.33. The van der Waals surface area contributed by atoms with E-state index in [0.29, 0.717) is 10.8 Å². The molecule has 86 valence electrons. The molecule has 0 unspecified atom stereocenters. The number of halogens is 1. The summed E-state index contributed by atoms with van der Waals surface area (Å²) in [6.07, 6.45) is 2.78. The van der Waals surface area contributed by atoms with Gasteiger partial charge in [0.15, 0.2) is 5.65 Å². The number of aryl methyl sites for hydroxylation is 1. The van der Waals surface area contributed by atoms with E-state index in [-0.39, 0.29) is 0 Å². The van der Waals surface area contributed by atoms with Crippen LogP contribution in [0, 0.1) is 0 Å². The van der Waals surface area contributed by atoms with Gasteiger partial charge in [-0.25, -0.2) is 4.98 Å². The van der Waals surface area contributed by atoms with Crippen molar-refractivity contribution in [1.29, 1.82) is 0 Å². The highest BCUT2D eigenvalue weighted by Gasteiger charge is 2.10. The summed E-state index contributed by atoms with van der Waals surface area (Å²) in [6.45, 7) is 2.15. The van der Waals surface area contributed by atoms with Gasteiger partial charge in [-0.1, -0.05) is 18.5 Å². The third-order valence-corrected chi connectivity index (χ3v) is 3.60. The van der Waals surface area contributed by atoms with Crippen LogP contribution in [0.25, 0.3) is 5.65 Å². The Bertz CT molecular complexity index is 495. The molecule has 2 N–H and O–H groups in total. The number of hydrogen-bond acceptors (Lipinski definition) is 3. The minimum Gasteiger partial charge on any atom is -0.383 e. The summed E-state index contributed by atoms with van der Waals surface area (Å²) in [5, 5.41) is 0.642. The molecule has 5 heteroatoms. The molecule has 0 saturated heterocycles. The van der Waals surface area contributed by atoms with Crippen LogP contribution in [-0.4, -0.2) is 20.9 Å². The Morgan fingerprint density at radius 3 is 3.06 bits per heavy atom. The molecule has 0 aliphatic heterocycles. The van der Waals surface area contributed by atoms with Gasteiger partial charge in [-0.05, 0) is 23.6 Å². The van der Waals surface area contributed by atoms with Crippen molar-refractivity contribution in [2.75, 3.05) is 17.2 Å². The number of aromatic nitrogens is 2. The summed E-state index contributed by atoms with van der Waals surface area (Å²) in [5.74, 6) is 2.87. The quantitative estimate of drug-likeness (QED) is 0.855. The van der Waals surface area contributed by atoms with Gasteiger partial charge in [0.05, 0.1) is 10.7 Å². The summed E-state index contributed by atoms with van der Waals surface area (Å²) >= 11 is 7.95. The van der Waals surface area contributed by atoms with Crippen molar-refractivity contribution in [1.82, 2.24) is 9.38 Å². The second-order valence-electron chi connectivity index (χ2n) is 3.44. The highest BCUT2D eigenvalue weighted by atomic mass is 35.5. The summed E-state index contributed by atoms with van der Waals surface area (Å²) < 4.78 is 1.84. The first-order valence-corrected chi connectivity index (χ1v) is 6.76. The average molecular weight is 256 g/mol. The number of rotatable bonds is 4. The van der Waals surface area contributed by atoms with E-state index in [2.05, 4.69) is 11.9 Å². The lowest BCUT2D eigenvalue weighted by Gasteiger charge is -1.98. The average Bonchev–Trinajstić information content (AvgIpc) is 2.59. The van der Waals surface area contributed by atoms with Crippen molar-refractivity contribution >= 4 is 34.8 Å². The lowest BCUT2D eigenvalue weighted by molar-refractivity contribution is 1.09. The Morgan fingerprint density at radius 1 is 1.56 bits per heavy atom. The number of nitrogens with zero attached hydrogens (tertiary/aromatic N) is 2. The van der Waals surface area contributed by atoms with Crippen LogP contribution in [0.1, 0.15) is 12.6 Å². The normalized spacial score (nSPS) is 11.1. The standard InChI is InChI=1S/C11H14ClN3S/c1-2-16-7-5-9-10(13)15-6-3-4-8(12)11(15)14-9/h3-4,6H,2,5,7,13H2,1H3. The Kier molecular flexibility index (Phi) is 3.61. The summed E-state index contributed by atoms with van der Waals surface area (Å²) in [4.78, 5) is 4.48. The topological polar surface area (TPSA) is 43.3 Å². The van der Waals surface area contributed by atoms with Gasteiger partial charge in [0.25, 0.3) is 0 Å². The Hall–Kier alpha value is -0.870. The number of fused-ring (bicyclic) bond motifs is 1. The molecule has 2 aromatic rings. The SMILES string of the molecule is CCSCCc1nc2c(Cl)cccn2c1N. The van der Waals surface area contributed by atoms with Gasteiger partial charge in [0.1, 0.15) is 5.82 Å². The van der Waals surface area contributed by atoms with Gasteiger partial charge in [-0.3, -0.25) is 4.40 Å². The minimum absolute atomic E-state index is 0.642. The molecule has 3 nitrogen and oxygen atoms in total. The first-order valence-electron chi connectivity index (χ1n) is 5.22. The smallest absolute Gasteiger partial charge is 0.157 e. The third kappa shape index (κ3) is 2.13. The second-order valence-corrected chi connectivity index (χ2v) is 5.24. The van der Waals surface area contributed by atoms with E-state index < -0.39 is 0 Å². The van der Waals surface area contributed by atoms with E-state index in [9.17, 15) is 0 Å². The number of thioether (sulfide) groups is 1. The molecular formula is C11H14ClN3S. The van der Waals surface area contributed by atoms with Crippen LogP contribution in [-0.2, 0) is 6.42 Å². The number of pyridine rings is 1. The maximum absolute atomic E-state index is 6.06. The predicted octanol–water partition coefficient (Wildman–Crippen LogP) is 2.87. The van der Waals surface area contributed by atoms with E-state index in [1.165, 1.54) is 0 Å². The molecule has 0 spiro atoms. The first-order chi connectivity index (χ1) is 7.74. The zero-order chi connectivity index (χ0) is 11.5. The monoisotopic (exact) mass is 255 g/mol. The van der Waals surface area contributed by atoms with E-state index in [4.69, 9.17) is 17.3 Å². The van der Waals surface area contributed by atoms with Gasteiger partial charge in [-0.2, -0.15) is 11.8 Å². The molecule has 2 aromatic heterocycles. The zero-order valence-corrected chi connectivity index (χ0v) is 10.7. The molecule has 0 atom stereocenters. The van der Waals surface area contributed by atoms with Crippen LogP contribution in [0.3, 0.4) is 0 Å². The van der Waals surface area contributed by atoms with E-state index in [1.54, 1.807) is 0 Å². The number of nitrogens with two attached hydrogens (primary N) is 1. The Labute approximate surface area is 104 Å². The Morgan fingerprint density at radius 2 is 2.38 bits per heavy atom. The fourth-order valence-corrected chi connectivity index (χ4v) is 2.43. The van der Waals surface area contributed by atoms with Crippen LogP contribution in [0.4, 0.5) is 5.82 Å². The van der Waals surface area contributed by atoms with Crippen molar-refractivity contribution in [3.05, 3.63) is 29.0 Å². The molecule has 0 aliphatic carbocycles. The fourth-order valence-electron chi connectivity index (χ4n) is 1.60. The summed E-state index contributed by atoms with van der Waals surface area (Å²) in [6, 6.07) is 3.70. The van der Waals surface area contributed by atoms with E-state index in [0.717, 1.165) is 29.3 Å². The predicted molar refractivity (Wildman–Crippen MR) is 71.3 cm³/mol. The molecule has 0 aromatic carbocycles. The minimum atomic E-state index is 0.642. The van der Waals surface area contributed by atoms with Crippen LogP contribution >= 0.6 is 23.4 Å². The van der Waals surface area contributed by atoms with Crippen LogP contribution in [0.2, 0.25) is 5.02 Å². The van der Waals surface area contributed by atoms with Gasteiger partial charge < -0.3 is 5.73 Å². The maximum Gasteiger partial charge on any atom is 0.157 e. The third-order valence-electron chi connectivity index (χ3n) is 2.40. The molecular weight excluding hydrogens is 242 g/mol. The number of nitrogen functional groups attached to an aromatic ring is 1. The van der Waals surface area contributed by atoms with Gasteiger partial charge in [-0.15, -0.1) is 0 Å². The number of hydrogen-bond donors (Lipinski definition) is 1. The fraction of sp³-hybridized carbons (Fsp3) is 0.364.